The topological polar surface area (TPSA) is 91.8 Å². The average molecular weight is 275 g/mol. The second kappa shape index (κ2) is 4.17. The maximum absolute atomic E-state index is 12.1. The Labute approximate surface area is 93.9 Å². The Morgan fingerprint density at radius 3 is 2.24 bits per heavy atom. The van der Waals surface area contributed by atoms with Crippen LogP contribution in [-0.4, -0.2) is 60.6 Å². The molecule has 1 N–H and O–H groups in total. The summed E-state index contributed by atoms with van der Waals surface area (Å²) in [6.07, 6.45) is -5.13. The molecule has 1 heterocycles. The molecule has 1 aliphatic rings. The molecule has 0 saturated carbocycles. The molecule has 1 fully saturated rings. The minimum atomic E-state index is -5.13. The van der Waals surface area contributed by atoms with Crippen molar-refractivity contribution in [2.45, 2.75) is 11.4 Å². The molecule has 0 radical (unpaired) electrons. The van der Waals surface area contributed by atoms with Gasteiger partial charge in [-0.25, -0.2) is 8.42 Å². The first-order chi connectivity index (χ1) is 7.55. The van der Waals surface area contributed by atoms with Gasteiger partial charge in [-0.15, -0.1) is 0 Å². The maximum Gasteiger partial charge on any atom is 0.471 e. The SMILES string of the molecule is O=C(O)C1CN(C(=O)C(F)(F)F)CCS1(=O)=O. The predicted molar refractivity (Wildman–Crippen MR) is 47.8 cm³/mol. The number of carbonyl (C=O) groups is 2. The van der Waals surface area contributed by atoms with Crippen LogP contribution >= 0.6 is 0 Å². The largest absolute Gasteiger partial charge is 0.480 e. The van der Waals surface area contributed by atoms with Crippen LogP contribution in [0.3, 0.4) is 0 Å². The highest BCUT2D eigenvalue weighted by Gasteiger charge is 2.47. The summed E-state index contributed by atoms with van der Waals surface area (Å²) in [5.74, 6) is -4.77. The maximum atomic E-state index is 12.1. The highest BCUT2D eigenvalue weighted by Crippen LogP contribution is 2.22. The van der Waals surface area contributed by atoms with Crippen LogP contribution in [0.5, 0.6) is 0 Å². The third-order valence-electron chi connectivity index (χ3n) is 2.27. The highest BCUT2D eigenvalue weighted by atomic mass is 32.2. The zero-order valence-electron chi connectivity index (χ0n) is 8.27. The summed E-state index contributed by atoms with van der Waals surface area (Å²) >= 11 is 0. The molecule has 0 aromatic heterocycles. The van der Waals surface area contributed by atoms with Crippen molar-refractivity contribution >= 4 is 21.7 Å². The van der Waals surface area contributed by atoms with Crippen molar-refractivity contribution in [2.75, 3.05) is 18.8 Å². The number of aliphatic carboxylic acids is 1. The number of hydrogen-bond donors (Lipinski definition) is 1. The monoisotopic (exact) mass is 275 g/mol. The van der Waals surface area contributed by atoms with E-state index >= 15 is 0 Å². The summed E-state index contributed by atoms with van der Waals surface area (Å²) in [4.78, 5) is 21.6. The molecule has 1 rings (SSSR count). The summed E-state index contributed by atoms with van der Waals surface area (Å²) in [7, 11) is -4.00. The van der Waals surface area contributed by atoms with Gasteiger partial charge in [0.2, 0.25) is 0 Å². The van der Waals surface area contributed by atoms with Gasteiger partial charge >= 0.3 is 18.1 Å². The molecule has 0 bridgehead atoms. The van der Waals surface area contributed by atoms with Gasteiger partial charge in [0.05, 0.1) is 5.75 Å². The lowest BCUT2D eigenvalue weighted by Crippen LogP contribution is -2.55. The minimum absolute atomic E-state index is 0.194. The Hall–Kier alpha value is -1.32. The minimum Gasteiger partial charge on any atom is -0.480 e. The first-order valence-corrected chi connectivity index (χ1v) is 6.07. The molecule has 1 atom stereocenters. The van der Waals surface area contributed by atoms with Crippen molar-refractivity contribution in [1.82, 2.24) is 4.90 Å². The molecule has 98 valence electrons. The molecular weight excluding hydrogens is 267 g/mol. The number of nitrogens with zero attached hydrogens (tertiary/aromatic N) is 1. The van der Waals surface area contributed by atoms with E-state index in [2.05, 4.69) is 0 Å². The summed E-state index contributed by atoms with van der Waals surface area (Å²) < 4.78 is 58.7. The van der Waals surface area contributed by atoms with Crippen LogP contribution in [0.1, 0.15) is 0 Å². The standard InChI is InChI=1S/C7H8F3NO5S/c8-7(9,10)6(14)11-1-2-17(15,16)4(3-11)5(12)13/h4H,1-3H2,(H,12,13). The number of hydrogen-bond acceptors (Lipinski definition) is 4. The van der Waals surface area contributed by atoms with Gasteiger partial charge in [0, 0.05) is 13.1 Å². The number of carboxylic acids is 1. The Morgan fingerprint density at radius 1 is 1.29 bits per heavy atom. The lowest BCUT2D eigenvalue weighted by Gasteiger charge is -2.30. The first-order valence-electron chi connectivity index (χ1n) is 4.36. The van der Waals surface area contributed by atoms with Gasteiger partial charge in [0.15, 0.2) is 15.1 Å². The van der Waals surface area contributed by atoms with Gasteiger partial charge in [-0.2, -0.15) is 13.2 Å². The van der Waals surface area contributed by atoms with Gasteiger partial charge in [-0.05, 0) is 0 Å². The van der Waals surface area contributed by atoms with Crippen LogP contribution < -0.4 is 0 Å². The molecule has 0 aromatic rings. The molecule has 0 spiro atoms. The number of alkyl halides is 3. The average Bonchev–Trinajstić information content (AvgIpc) is 2.14. The van der Waals surface area contributed by atoms with Crippen molar-refractivity contribution in [1.29, 1.82) is 0 Å². The van der Waals surface area contributed by atoms with E-state index in [0.29, 0.717) is 0 Å². The summed E-state index contributed by atoms with van der Waals surface area (Å²) in [5, 5.41) is 6.58. The lowest BCUT2D eigenvalue weighted by molar-refractivity contribution is -0.185. The van der Waals surface area contributed by atoms with Crippen molar-refractivity contribution in [3.63, 3.8) is 0 Å². The number of halogens is 3. The smallest absolute Gasteiger partial charge is 0.471 e. The van der Waals surface area contributed by atoms with E-state index in [-0.39, 0.29) is 4.90 Å². The van der Waals surface area contributed by atoms with Gasteiger partial charge in [0.25, 0.3) is 0 Å². The first kappa shape index (κ1) is 13.7. The quantitative estimate of drug-likeness (QED) is 0.680. The van der Waals surface area contributed by atoms with Crippen molar-refractivity contribution in [2.24, 2.45) is 0 Å². The summed E-state index contributed by atoms with van der Waals surface area (Å²) in [5.41, 5.74) is 0. The van der Waals surface area contributed by atoms with Gasteiger partial charge < -0.3 is 10.0 Å². The van der Waals surface area contributed by atoms with Gasteiger partial charge in [0.1, 0.15) is 0 Å². The number of carboxylic acid groups (broad SMARTS) is 1. The van der Waals surface area contributed by atoms with E-state index in [1.807, 2.05) is 0 Å². The predicted octanol–water partition coefficient (Wildman–Crippen LogP) is -0.741. The van der Waals surface area contributed by atoms with Crippen LogP contribution in [0.15, 0.2) is 0 Å². The Bertz CT molecular complexity index is 443. The molecule has 1 aliphatic heterocycles. The van der Waals surface area contributed by atoms with E-state index < -0.39 is 52.0 Å². The van der Waals surface area contributed by atoms with E-state index in [0.717, 1.165) is 0 Å². The molecule has 0 aromatic carbocycles. The highest BCUT2D eigenvalue weighted by molar-refractivity contribution is 7.92. The molecule has 10 heteroatoms. The Kier molecular flexibility index (Phi) is 3.37. The third-order valence-corrected chi connectivity index (χ3v) is 4.24. The van der Waals surface area contributed by atoms with E-state index in [4.69, 9.17) is 5.11 Å². The van der Waals surface area contributed by atoms with Crippen LogP contribution in [-0.2, 0) is 19.4 Å². The molecule has 1 amide bonds. The van der Waals surface area contributed by atoms with E-state index in [1.54, 1.807) is 0 Å². The fraction of sp³-hybridized carbons (Fsp3) is 0.714. The van der Waals surface area contributed by atoms with E-state index in [1.165, 1.54) is 0 Å². The summed E-state index contributed by atoms with van der Waals surface area (Å²) in [6.45, 7) is -1.62. The zero-order chi connectivity index (χ0) is 13.4. The molecule has 17 heavy (non-hydrogen) atoms. The third kappa shape index (κ3) is 2.87. The number of rotatable bonds is 1. The van der Waals surface area contributed by atoms with Crippen molar-refractivity contribution < 1.29 is 36.3 Å². The lowest BCUT2D eigenvalue weighted by atomic mass is 10.3. The normalized spacial score (nSPS) is 24.4. The second-order valence-corrected chi connectivity index (χ2v) is 5.75. The molecule has 1 unspecified atom stereocenters. The van der Waals surface area contributed by atoms with Crippen LogP contribution in [0, 0.1) is 0 Å². The second-order valence-electron chi connectivity index (χ2n) is 3.44. The van der Waals surface area contributed by atoms with Crippen molar-refractivity contribution in [3.8, 4) is 0 Å². The molecule has 0 aliphatic carbocycles. The Morgan fingerprint density at radius 2 is 1.82 bits per heavy atom. The fourth-order valence-corrected chi connectivity index (χ4v) is 2.85. The van der Waals surface area contributed by atoms with Crippen LogP contribution in [0.25, 0.3) is 0 Å². The van der Waals surface area contributed by atoms with Gasteiger partial charge in [-0.1, -0.05) is 0 Å². The molecule has 6 nitrogen and oxygen atoms in total. The van der Waals surface area contributed by atoms with Crippen molar-refractivity contribution in [3.05, 3.63) is 0 Å². The zero-order valence-corrected chi connectivity index (χ0v) is 9.08. The summed E-state index contributed by atoms with van der Waals surface area (Å²) in [6, 6.07) is 0. The molecular formula is C7H8F3NO5S. The van der Waals surface area contributed by atoms with Crippen LogP contribution in [0.2, 0.25) is 0 Å². The van der Waals surface area contributed by atoms with Gasteiger partial charge in [-0.3, -0.25) is 9.59 Å². The fourth-order valence-electron chi connectivity index (χ4n) is 1.38. The molecule has 1 saturated heterocycles. The number of carbonyl (C=O) groups excluding carboxylic acids is 1. The van der Waals surface area contributed by atoms with Crippen LogP contribution in [0.4, 0.5) is 13.2 Å². The Balaban J connectivity index is 2.91. The van der Waals surface area contributed by atoms with E-state index in [9.17, 15) is 31.2 Å². The number of amides is 1. The number of sulfone groups is 1.